The van der Waals surface area contributed by atoms with Crippen LogP contribution in [0.4, 0.5) is 0 Å². The van der Waals surface area contributed by atoms with Crippen molar-refractivity contribution in [3.63, 3.8) is 0 Å². The van der Waals surface area contributed by atoms with Gasteiger partial charge in [-0.05, 0) is 25.5 Å². The molecule has 0 aliphatic carbocycles. The molecule has 0 amide bonds. The van der Waals surface area contributed by atoms with E-state index in [-0.39, 0.29) is 11.8 Å². The first-order valence-corrected chi connectivity index (χ1v) is 10.6. The fraction of sp³-hybridized carbons (Fsp3) is 0.412. The quantitative estimate of drug-likeness (QED) is 0.569. The predicted octanol–water partition coefficient (Wildman–Crippen LogP) is 2.37. The van der Waals surface area contributed by atoms with E-state index in [4.69, 9.17) is 0 Å². The van der Waals surface area contributed by atoms with E-state index < -0.39 is 9.84 Å². The summed E-state index contributed by atoms with van der Waals surface area (Å²) in [6, 6.07) is 8.30. The highest BCUT2D eigenvalue weighted by Crippen LogP contribution is 2.13. The van der Waals surface area contributed by atoms with Gasteiger partial charge in [-0.25, -0.2) is 13.4 Å². The molecule has 1 unspecified atom stereocenters. The van der Waals surface area contributed by atoms with Gasteiger partial charge in [-0.2, -0.15) is 0 Å². The Hall–Kier alpha value is -1.93. The molecule has 136 valence electrons. The number of aryl methyl sites for hydroxylation is 1. The van der Waals surface area contributed by atoms with Crippen LogP contribution in [0.1, 0.15) is 23.2 Å². The molecular formula is C17H24N4O2S2. The maximum Gasteiger partial charge on any atom is 0.191 e. The number of aromatic nitrogens is 1. The second kappa shape index (κ2) is 8.96. The molecule has 1 atom stereocenters. The number of thiazole rings is 1. The zero-order chi connectivity index (χ0) is 18.3. The fourth-order valence-corrected chi connectivity index (χ4v) is 4.62. The molecule has 0 saturated heterocycles. The third kappa shape index (κ3) is 5.82. The highest BCUT2D eigenvalue weighted by Gasteiger charge is 2.21. The van der Waals surface area contributed by atoms with Gasteiger partial charge in [0.15, 0.2) is 15.8 Å². The first kappa shape index (κ1) is 19.4. The van der Waals surface area contributed by atoms with E-state index >= 15 is 0 Å². The van der Waals surface area contributed by atoms with Crippen molar-refractivity contribution in [1.82, 2.24) is 15.6 Å². The minimum absolute atomic E-state index is 0.0184. The van der Waals surface area contributed by atoms with E-state index in [1.807, 2.05) is 20.0 Å². The van der Waals surface area contributed by atoms with Crippen LogP contribution in [0.5, 0.6) is 0 Å². The zero-order valence-corrected chi connectivity index (χ0v) is 16.3. The molecule has 1 aromatic heterocycles. The lowest BCUT2D eigenvalue weighted by Gasteiger charge is -2.20. The van der Waals surface area contributed by atoms with E-state index in [0.29, 0.717) is 23.8 Å². The molecule has 0 radical (unpaired) electrons. The minimum Gasteiger partial charge on any atom is -0.353 e. The van der Waals surface area contributed by atoms with Crippen LogP contribution in [-0.4, -0.2) is 38.2 Å². The van der Waals surface area contributed by atoms with Gasteiger partial charge in [-0.3, -0.25) is 4.99 Å². The Labute approximate surface area is 153 Å². The molecule has 0 saturated carbocycles. The van der Waals surface area contributed by atoms with Crippen molar-refractivity contribution in [3.05, 3.63) is 46.4 Å². The summed E-state index contributed by atoms with van der Waals surface area (Å²) in [5, 5.41) is 7.34. The van der Waals surface area contributed by atoms with Crippen LogP contribution in [0.3, 0.4) is 0 Å². The topological polar surface area (TPSA) is 83.5 Å². The van der Waals surface area contributed by atoms with E-state index in [2.05, 4.69) is 20.6 Å². The van der Waals surface area contributed by atoms with Crippen molar-refractivity contribution in [2.45, 2.75) is 37.8 Å². The summed E-state index contributed by atoms with van der Waals surface area (Å²) < 4.78 is 25.1. The van der Waals surface area contributed by atoms with Crippen molar-refractivity contribution < 1.29 is 8.42 Å². The Morgan fingerprint density at radius 1 is 1.32 bits per heavy atom. The summed E-state index contributed by atoms with van der Waals surface area (Å²) in [6.45, 7) is 4.52. The van der Waals surface area contributed by atoms with Gasteiger partial charge in [0.05, 0.1) is 17.2 Å². The number of aliphatic imine (C=N–C) groups is 1. The molecule has 1 heterocycles. The first-order chi connectivity index (χ1) is 11.9. The summed E-state index contributed by atoms with van der Waals surface area (Å²) in [4.78, 5) is 9.97. The van der Waals surface area contributed by atoms with E-state index in [9.17, 15) is 8.42 Å². The molecule has 1 aromatic carbocycles. The fourth-order valence-electron chi connectivity index (χ4n) is 2.28. The number of rotatable bonds is 7. The van der Waals surface area contributed by atoms with Crippen LogP contribution < -0.4 is 10.6 Å². The van der Waals surface area contributed by atoms with Crippen molar-refractivity contribution in [3.8, 4) is 0 Å². The van der Waals surface area contributed by atoms with E-state index in [1.165, 1.54) is 0 Å². The Bertz CT molecular complexity index is 801. The SMILES string of the molecule is CCC(CS(=O)(=O)c1ccccc1)NC(=NC)NCc1ncc(C)s1. The smallest absolute Gasteiger partial charge is 0.191 e. The highest BCUT2D eigenvalue weighted by atomic mass is 32.2. The number of guanidine groups is 1. The van der Waals surface area contributed by atoms with Gasteiger partial charge in [0.2, 0.25) is 0 Å². The summed E-state index contributed by atoms with van der Waals surface area (Å²) >= 11 is 1.62. The number of nitrogens with zero attached hydrogens (tertiary/aromatic N) is 2. The Balaban J connectivity index is 1.97. The van der Waals surface area contributed by atoms with Gasteiger partial charge in [-0.1, -0.05) is 25.1 Å². The van der Waals surface area contributed by atoms with Crippen molar-refractivity contribution >= 4 is 27.1 Å². The van der Waals surface area contributed by atoms with Gasteiger partial charge >= 0.3 is 0 Å². The van der Waals surface area contributed by atoms with Crippen molar-refractivity contribution in [2.75, 3.05) is 12.8 Å². The summed E-state index contributed by atoms with van der Waals surface area (Å²) in [5.74, 6) is 0.591. The van der Waals surface area contributed by atoms with Gasteiger partial charge in [0.1, 0.15) is 5.01 Å². The third-order valence-electron chi connectivity index (χ3n) is 3.66. The number of sulfone groups is 1. The van der Waals surface area contributed by atoms with Gasteiger partial charge in [0, 0.05) is 24.2 Å². The second-order valence-electron chi connectivity index (χ2n) is 5.63. The summed E-state index contributed by atoms with van der Waals surface area (Å²) in [7, 11) is -1.68. The first-order valence-electron chi connectivity index (χ1n) is 8.11. The summed E-state index contributed by atoms with van der Waals surface area (Å²) in [6.07, 6.45) is 2.50. The number of nitrogens with one attached hydrogen (secondary N) is 2. The van der Waals surface area contributed by atoms with Gasteiger partial charge in [0.25, 0.3) is 0 Å². The lowest BCUT2D eigenvalue weighted by Crippen LogP contribution is -2.45. The maximum absolute atomic E-state index is 12.5. The zero-order valence-electron chi connectivity index (χ0n) is 14.7. The van der Waals surface area contributed by atoms with Crippen molar-refractivity contribution in [2.24, 2.45) is 4.99 Å². The molecular weight excluding hydrogens is 356 g/mol. The molecule has 0 aliphatic rings. The highest BCUT2D eigenvalue weighted by molar-refractivity contribution is 7.91. The normalized spacial score (nSPS) is 13.5. The van der Waals surface area contributed by atoms with Crippen LogP contribution >= 0.6 is 11.3 Å². The average molecular weight is 381 g/mol. The molecule has 8 heteroatoms. The van der Waals surface area contributed by atoms with Crippen LogP contribution in [-0.2, 0) is 16.4 Å². The largest absolute Gasteiger partial charge is 0.353 e. The minimum atomic E-state index is -3.34. The average Bonchev–Trinajstić information content (AvgIpc) is 3.03. The van der Waals surface area contributed by atoms with E-state index in [0.717, 1.165) is 9.88 Å². The van der Waals surface area contributed by atoms with Gasteiger partial charge < -0.3 is 10.6 Å². The molecule has 2 N–H and O–H groups in total. The number of hydrogen-bond acceptors (Lipinski definition) is 5. The monoisotopic (exact) mass is 380 g/mol. The Morgan fingerprint density at radius 2 is 2.04 bits per heavy atom. The third-order valence-corrected chi connectivity index (χ3v) is 6.40. The predicted molar refractivity (Wildman–Crippen MR) is 103 cm³/mol. The number of hydrogen-bond donors (Lipinski definition) is 2. The van der Waals surface area contributed by atoms with Crippen LogP contribution in [0.25, 0.3) is 0 Å². The maximum atomic E-state index is 12.5. The molecule has 0 spiro atoms. The lowest BCUT2D eigenvalue weighted by molar-refractivity contribution is 0.568. The molecule has 0 aliphatic heterocycles. The Kier molecular flexibility index (Phi) is 6.95. The lowest BCUT2D eigenvalue weighted by atomic mass is 10.3. The molecule has 6 nitrogen and oxygen atoms in total. The van der Waals surface area contributed by atoms with Crippen molar-refractivity contribution in [1.29, 1.82) is 0 Å². The second-order valence-corrected chi connectivity index (χ2v) is 8.99. The van der Waals surface area contributed by atoms with Crippen LogP contribution in [0, 0.1) is 6.92 Å². The molecule has 0 bridgehead atoms. The molecule has 2 rings (SSSR count). The molecule has 0 fully saturated rings. The summed E-state index contributed by atoms with van der Waals surface area (Å²) in [5.41, 5.74) is 0. The van der Waals surface area contributed by atoms with Gasteiger partial charge in [-0.15, -0.1) is 11.3 Å². The van der Waals surface area contributed by atoms with Crippen LogP contribution in [0.2, 0.25) is 0 Å². The molecule has 2 aromatic rings. The standard InChI is InChI=1S/C17H24N4O2S2/c1-4-14(12-25(22,23)15-8-6-5-7-9-15)21-17(18-3)20-11-16-19-10-13(2)24-16/h5-10,14H,4,11-12H2,1-3H3,(H2,18,20,21). The Morgan fingerprint density at radius 3 is 2.60 bits per heavy atom. The van der Waals surface area contributed by atoms with E-state index in [1.54, 1.807) is 48.7 Å². The van der Waals surface area contributed by atoms with Crippen LogP contribution in [0.15, 0.2) is 46.4 Å². The number of benzene rings is 1. The molecule has 25 heavy (non-hydrogen) atoms.